The molecule has 0 bridgehead atoms. The molecule has 0 aliphatic heterocycles. The zero-order valence-corrected chi connectivity index (χ0v) is 18.8. The van der Waals surface area contributed by atoms with Crippen molar-refractivity contribution in [3.63, 3.8) is 0 Å². The molecule has 0 aliphatic rings. The van der Waals surface area contributed by atoms with E-state index in [1.54, 1.807) is 0 Å². The number of benzene rings is 2. The van der Waals surface area contributed by atoms with Crippen molar-refractivity contribution >= 4 is 11.9 Å². The first-order valence-corrected chi connectivity index (χ1v) is 10.3. The fourth-order valence-corrected chi connectivity index (χ4v) is 3.16. The van der Waals surface area contributed by atoms with Crippen LogP contribution in [0.1, 0.15) is 55.1 Å². The number of ketones is 1. The van der Waals surface area contributed by atoms with Gasteiger partial charge in [0, 0.05) is 17.2 Å². The van der Waals surface area contributed by atoms with Crippen LogP contribution in [0, 0.1) is 0 Å². The zero-order valence-electron chi connectivity index (χ0n) is 18.8. The SMILES string of the molecule is COc1cc(O)c(C/C=C(\C)CCC=C(C)C)c(O)c1C(=O)/C=C/c1cc(O)ccc1O. The van der Waals surface area contributed by atoms with Gasteiger partial charge in [-0.3, -0.25) is 4.79 Å². The third kappa shape index (κ3) is 6.41. The molecule has 4 N–H and O–H groups in total. The van der Waals surface area contributed by atoms with E-state index in [1.807, 2.05) is 26.8 Å². The topological polar surface area (TPSA) is 107 Å². The Morgan fingerprint density at radius 1 is 1.00 bits per heavy atom. The van der Waals surface area contributed by atoms with Crippen molar-refractivity contribution in [1.82, 2.24) is 0 Å². The Labute approximate surface area is 188 Å². The summed E-state index contributed by atoms with van der Waals surface area (Å²) in [4.78, 5) is 12.8. The molecule has 170 valence electrons. The summed E-state index contributed by atoms with van der Waals surface area (Å²) in [5.74, 6) is -1.24. The van der Waals surface area contributed by atoms with Gasteiger partial charge in [-0.25, -0.2) is 0 Å². The van der Waals surface area contributed by atoms with Crippen LogP contribution < -0.4 is 4.74 Å². The van der Waals surface area contributed by atoms with Crippen molar-refractivity contribution in [2.24, 2.45) is 0 Å². The molecule has 0 aromatic heterocycles. The van der Waals surface area contributed by atoms with Crippen LogP contribution in [0.25, 0.3) is 6.08 Å². The van der Waals surface area contributed by atoms with Crippen LogP contribution in [0.5, 0.6) is 28.7 Å². The molecule has 0 heterocycles. The number of aromatic hydroxyl groups is 4. The van der Waals surface area contributed by atoms with Gasteiger partial charge in [-0.2, -0.15) is 0 Å². The second-order valence-electron chi connectivity index (χ2n) is 7.82. The lowest BCUT2D eigenvalue weighted by Crippen LogP contribution is -2.02. The summed E-state index contributed by atoms with van der Waals surface area (Å²) in [6, 6.07) is 5.24. The minimum Gasteiger partial charge on any atom is -0.508 e. The smallest absolute Gasteiger partial charge is 0.193 e. The fraction of sp³-hybridized carbons (Fsp3) is 0.269. The van der Waals surface area contributed by atoms with Gasteiger partial charge >= 0.3 is 0 Å². The molecule has 2 aromatic rings. The van der Waals surface area contributed by atoms with Crippen molar-refractivity contribution in [1.29, 1.82) is 0 Å². The minimum absolute atomic E-state index is 0.0304. The summed E-state index contributed by atoms with van der Waals surface area (Å²) in [6.45, 7) is 6.07. The van der Waals surface area contributed by atoms with Crippen molar-refractivity contribution in [2.45, 2.75) is 40.0 Å². The van der Waals surface area contributed by atoms with Gasteiger partial charge in [-0.05, 0) is 70.4 Å². The maximum atomic E-state index is 12.8. The van der Waals surface area contributed by atoms with E-state index < -0.39 is 5.78 Å². The Morgan fingerprint density at radius 3 is 2.38 bits per heavy atom. The lowest BCUT2D eigenvalue weighted by molar-refractivity contribution is 0.104. The van der Waals surface area contributed by atoms with E-state index in [0.717, 1.165) is 24.5 Å². The molecule has 0 atom stereocenters. The molecule has 0 spiro atoms. The van der Waals surface area contributed by atoms with E-state index in [9.17, 15) is 25.2 Å². The Morgan fingerprint density at radius 2 is 1.72 bits per heavy atom. The summed E-state index contributed by atoms with van der Waals surface area (Å²) in [5, 5.41) is 40.6. The van der Waals surface area contributed by atoms with E-state index in [4.69, 9.17) is 4.74 Å². The number of ether oxygens (including phenoxy) is 1. The summed E-state index contributed by atoms with van der Waals surface area (Å²) < 4.78 is 5.19. The number of methoxy groups -OCH3 is 1. The standard InChI is InChI=1S/C26H30O6/c1-16(2)6-5-7-17(3)8-11-20-23(30)15-24(32-4)25(26(20)31)22(29)12-9-18-14-19(27)10-13-21(18)28/h6,8-10,12-15,27-28,30-31H,5,7,11H2,1-4H3/b12-9+,17-8+. The predicted molar refractivity (Wildman–Crippen MR) is 126 cm³/mol. The van der Waals surface area contributed by atoms with Crippen molar-refractivity contribution in [3.05, 3.63) is 70.3 Å². The lowest BCUT2D eigenvalue weighted by Gasteiger charge is -2.14. The molecule has 0 fully saturated rings. The molecule has 2 aromatic carbocycles. The van der Waals surface area contributed by atoms with Crippen LogP contribution in [0.15, 0.2) is 53.6 Å². The molecule has 0 saturated carbocycles. The number of allylic oxidation sites excluding steroid dienone is 5. The van der Waals surface area contributed by atoms with E-state index in [0.29, 0.717) is 0 Å². The van der Waals surface area contributed by atoms with Crippen LogP contribution in [-0.2, 0) is 6.42 Å². The molecular weight excluding hydrogens is 408 g/mol. The summed E-state index contributed by atoms with van der Waals surface area (Å²) in [7, 11) is 1.34. The highest BCUT2D eigenvalue weighted by Gasteiger charge is 2.22. The average molecular weight is 439 g/mol. The van der Waals surface area contributed by atoms with Gasteiger partial charge in [0.25, 0.3) is 0 Å². The molecule has 6 heteroatoms. The van der Waals surface area contributed by atoms with Crippen LogP contribution in [0.4, 0.5) is 0 Å². The molecule has 0 unspecified atom stereocenters. The first-order chi connectivity index (χ1) is 15.1. The number of phenols is 4. The van der Waals surface area contributed by atoms with E-state index in [-0.39, 0.29) is 51.9 Å². The summed E-state index contributed by atoms with van der Waals surface area (Å²) >= 11 is 0. The highest BCUT2D eigenvalue weighted by atomic mass is 16.5. The normalized spacial score (nSPS) is 11.6. The lowest BCUT2D eigenvalue weighted by atomic mass is 9.98. The molecule has 0 amide bonds. The zero-order chi connectivity index (χ0) is 23.8. The van der Waals surface area contributed by atoms with Gasteiger partial charge in [0.2, 0.25) is 0 Å². The summed E-state index contributed by atoms with van der Waals surface area (Å²) in [6.07, 6.45) is 8.55. The molecular formula is C26H30O6. The van der Waals surface area contributed by atoms with Crippen LogP contribution in [0.3, 0.4) is 0 Å². The van der Waals surface area contributed by atoms with Gasteiger partial charge in [-0.1, -0.05) is 23.3 Å². The number of phenolic OH excluding ortho intramolecular Hbond substituents is 4. The largest absolute Gasteiger partial charge is 0.508 e. The third-order valence-corrected chi connectivity index (χ3v) is 4.98. The van der Waals surface area contributed by atoms with E-state index in [2.05, 4.69) is 6.08 Å². The van der Waals surface area contributed by atoms with Gasteiger partial charge in [-0.15, -0.1) is 0 Å². The highest BCUT2D eigenvalue weighted by molar-refractivity contribution is 6.11. The monoisotopic (exact) mass is 438 g/mol. The molecule has 6 nitrogen and oxygen atoms in total. The first kappa shape index (κ1) is 24.6. The van der Waals surface area contributed by atoms with Crippen LogP contribution in [0.2, 0.25) is 0 Å². The number of carbonyl (C=O) groups excluding carboxylic acids is 1. The van der Waals surface area contributed by atoms with Crippen LogP contribution >= 0.6 is 0 Å². The van der Waals surface area contributed by atoms with Gasteiger partial charge in [0.1, 0.15) is 34.3 Å². The minimum atomic E-state index is -0.576. The highest BCUT2D eigenvalue weighted by Crippen LogP contribution is 2.39. The van der Waals surface area contributed by atoms with Gasteiger partial charge in [0.15, 0.2) is 5.78 Å². The number of hydrogen-bond donors (Lipinski definition) is 4. The number of carbonyl (C=O) groups is 1. The molecule has 0 radical (unpaired) electrons. The quantitative estimate of drug-likeness (QED) is 0.174. The second kappa shape index (κ2) is 11.1. The Balaban J connectivity index is 2.34. The molecule has 0 saturated heterocycles. The molecule has 32 heavy (non-hydrogen) atoms. The van der Waals surface area contributed by atoms with Crippen molar-refractivity contribution < 1.29 is 30.0 Å². The predicted octanol–water partition coefficient (Wildman–Crippen LogP) is 5.65. The second-order valence-corrected chi connectivity index (χ2v) is 7.82. The van der Waals surface area contributed by atoms with Crippen molar-refractivity contribution in [2.75, 3.05) is 7.11 Å². The van der Waals surface area contributed by atoms with Crippen LogP contribution in [-0.4, -0.2) is 33.3 Å². The fourth-order valence-electron chi connectivity index (χ4n) is 3.16. The Hall–Kier alpha value is -3.67. The summed E-state index contributed by atoms with van der Waals surface area (Å²) in [5.41, 5.74) is 2.73. The van der Waals surface area contributed by atoms with E-state index >= 15 is 0 Å². The maximum absolute atomic E-state index is 12.8. The van der Waals surface area contributed by atoms with E-state index in [1.165, 1.54) is 43.0 Å². The third-order valence-electron chi connectivity index (χ3n) is 4.98. The van der Waals surface area contributed by atoms with Gasteiger partial charge in [0.05, 0.1) is 7.11 Å². The number of hydrogen-bond acceptors (Lipinski definition) is 6. The maximum Gasteiger partial charge on any atom is 0.193 e. The average Bonchev–Trinajstić information content (AvgIpc) is 2.73. The Bertz CT molecular complexity index is 1070. The Kier molecular flexibility index (Phi) is 8.53. The molecule has 2 rings (SSSR count). The first-order valence-electron chi connectivity index (χ1n) is 10.3. The van der Waals surface area contributed by atoms with Gasteiger partial charge < -0.3 is 25.2 Å². The molecule has 0 aliphatic carbocycles. The van der Waals surface area contributed by atoms with Crippen molar-refractivity contribution in [3.8, 4) is 28.7 Å². The number of rotatable bonds is 9.